The van der Waals surface area contributed by atoms with Gasteiger partial charge in [0.1, 0.15) is 12.4 Å². The molecule has 4 rings (SSSR count). The van der Waals surface area contributed by atoms with Crippen molar-refractivity contribution in [3.8, 4) is 17.2 Å². The van der Waals surface area contributed by atoms with Crippen molar-refractivity contribution in [2.24, 2.45) is 0 Å². The number of para-hydroxylation sites is 1. The standard InChI is InChI=1S/C29H26Cl2N2O6S/c1-3-37-24-14-19(13-23(31)27(24)39-17-26(34)32-20-10-9-18(2)22(30)16-20)15-25-28(35)33(29(36)40-25)11-12-38-21-7-5-4-6-8-21/h4-10,13-16H,3,11-12,17H2,1-2H3,(H,32,34)/b25-15-. The summed E-state index contributed by atoms with van der Waals surface area (Å²) >= 11 is 13.4. The highest BCUT2D eigenvalue weighted by Crippen LogP contribution is 2.39. The summed E-state index contributed by atoms with van der Waals surface area (Å²) in [5.41, 5.74) is 1.97. The number of anilines is 1. The molecule has 3 amide bonds. The van der Waals surface area contributed by atoms with E-state index in [-0.39, 0.29) is 40.7 Å². The molecule has 11 heteroatoms. The van der Waals surface area contributed by atoms with Crippen LogP contribution in [-0.4, -0.2) is 48.3 Å². The largest absolute Gasteiger partial charge is 0.492 e. The Kier molecular flexibility index (Phi) is 9.98. The number of carbonyl (C=O) groups is 3. The first-order chi connectivity index (χ1) is 19.2. The number of imide groups is 1. The van der Waals surface area contributed by atoms with Crippen LogP contribution >= 0.6 is 35.0 Å². The van der Waals surface area contributed by atoms with Crippen molar-refractivity contribution in [2.75, 3.05) is 31.7 Å². The van der Waals surface area contributed by atoms with E-state index in [4.69, 9.17) is 37.4 Å². The molecule has 0 bridgehead atoms. The normalized spacial score (nSPS) is 14.0. The smallest absolute Gasteiger partial charge is 0.293 e. The third-order valence-corrected chi connectivity index (χ3v) is 7.23. The number of aryl methyl sites for hydroxylation is 1. The third-order valence-electron chi connectivity index (χ3n) is 5.63. The summed E-state index contributed by atoms with van der Waals surface area (Å²) in [5.74, 6) is 0.302. The first-order valence-electron chi connectivity index (χ1n) is 12.3. The van der Waals surface area contributed by atoms with E-state index in [0.29, 0.717) is 34.4 Å². The molecule has 8 nitrogen and oxygen atoms in total. The molecule has 0 atom stereocenters. The molecule has 1 N–H and O–H groups in total. The number of carbonyl (C=O) groups excluding carboxylic acids is 3. The lowest BCUT2D eigenvalue weighted by Gasteiger charge is -2.15. The molecular formula is C29H26Cl2N2O6S. The Morgan fingerprint density at radius 2 is 1.77 bits per heavy atom. The fourth-order valence-corrected chi connectivity index (χ4v) is 5.01. The van der Waals surface area contributed by atoms with Gasteiger partial charge in [0.15, 0.2) is 18.1 Å². The van der Waals surface area contributed by atoms with E-state index in [1.54, 1.807) is 55.5 Å². The topological polar surface area (TPSA) is 94.2 Å². The highest BCUT2D eigenvalue weighted by Gasteiger charge is 2.35. The molecular weight excluding hydrogens is 575 g/mol. The van der Waals surface area contributed by atoms with Gasteiger partial charge < -0.3 is 19.5 Å². The van der Waals surface area contributed by atoms with Crippen molar-refractivity contribution in [1.82, 2.24) is 4.90 Å². The fraction of sp³-hybridized carbons (Fsp3) is 0.207. The van der Waals surface area contributed by atoms with Crippen LogP contribution in [0.1, 0.15) is 18.1 Å². The number of ether oxygens (including phenoxy) is 3. The summed E-state index contributed by atoms with van der Waals surface area (Å²) in [4.78, 5) is 39.2. The van der Waals surface area contributed by atoms with Gasteiger partial charge in [-0.3, -0.25) is 19.3 Å². The lowest BCUT2D eigenvalue weighted by Crippen LogP contribution is -2.32. The van der Waals surface area contributed by atoms with Crippen LogP contribution in [0.25, 0.3) is 6.08 Å². The maximum atomic E-state index is 12.9. The van der Waals surface area contributed by atoms with Crippen LogP contribution in [0, 0.1) is 6.92 Å². The molecule has 0 saturated carbocycles. The van der Waals surface area contributed by atoms with Crippen molar-refractivity contribution in [2.45, 2.75) is 13.8 Å². The zero-order valence-corrected chi connectivity index (χ0v) is 24.1. The SMILES string of the molecule is CCOc1cc(/C=C2\SC(=O)N(CCOc3ccccc3)C2=O)cc(Cl)c1OCC(=O)Nc1ccc(C)c(Cl)c1. The van der Waals surface area contributed by atoms with Crippen molar-refractivity contribution in [3.63, 3.8) is 0 Å². The molecule has 0 aromatic heterocycles. The van der Waals surface area contributed by atoms with Crippen molar-refractivity contribution in [3.05, 3.63) is 86.7 Å². The molecule has 1 fully saturated rings. The fourth-order valence-electron chi connectivity index (χ4n) is 3.70. The van der Waals surface area contributed by atoms with Crippen LogP contribution in [0.3, 0.4) is 0 Å². The Morgan fingerprint density at radius 3 is 2.50 bits per heavy atom. The zero-order valence-electron chi connectivity index (χ0n) is 21.7. The molecule has 208 valence electrons. The van der Waals surface area contributed by atoms with Crippen LogP contribution in [0.5, 0.6) is 17.2 Å². The van der Waals surface area contributed by atoms with Crippen LogP contribution in [0.4, 0.5) is 10.5 Å². The molecule has 3 aromatic carbocycles. The van der Waals surface area contributed by atoms with Crippen molar-refractivity contribution >= 4 is 63.8 Å². The molecule has 1 saturated heterocycles. The molecule has 1 aliphatic rings. The van der Waals surface area contributed by atoms with Gasteiger partial charge in [0, 0.05) is 10.7 Å². The highest BCUT2D eigenvalue weighted by atomic mass is 35.5. The summed E-state index contributed by atoms with van der Waals surface area (Å²) in [5, 5.41) is 3.05. The second-order valence-electron chi connectivity index (χ2n) is 8.56. The summed E-state index contributed by atoms with van der Waals surface area (Å²) in [6.07, 6.45) is 1.56. The van der Waals surface area contributed by atoms with Gasteiger partial charge in [-0.05, 0) is 79.2 Å². The molecule has 1 aliphatic heterocycles. The lowest BCUT2D eigenvalue weighted by atomic mass is 10.1. The van der Waals surface area contributed by atoms with E-state index in [9.17, 15) is 14.4 Å². The number of halogens is 2. The van der Waals surface area contributed by atoms with Crippen molar-refractivity contribution < 1.29 is 28.6 Å². The van der Waals surface area contributed by atoms with E-state index >= 15 is 0 Å². The monoisotopic (exact) mass is 600 g/mol. The van der Waals surface area contributed by atoms with E-state index in [1.165, 1.54) is 0 Å². The van der Waals surface area contributed by atoms with Gasteiger partial charge in [-0.15, -0.1) is 0 Å². The van der Waals surface area contributed by atoms with Gasteiger partial charge in [-0.25, -0.2) is 0 Å². The Morgan fingerprint density at radius 1 is 1.00 bits per heavy atom. The number of benzene rings is 3. The summed E-state index contributed by atoms with van der Waals surface area (Å²) in [6, 6.07) is 17.5. The maximum absolute atomic E-state index is 12.9. The minimum absolute atomic E-state index is 0.117. The number of amides is 3. The Balaban J connectivity index is 1.42. The number of rotatable bonds is 11. The van der Waals surface area contributed by atoms with Gasteiger partial charge in [-0.1, -0.05) is 47.5 Å². The van der Waals surface area contributed by atoms with E-state index in [1.807, 2.05) is 25.1 Å². The number of thioether (sulfide) groups is 1. The molecule has 0 spiro atoms. The minimum atomic E-state index is -0.422. The first kappa shape index (κ1) is 29.3. The van der Waals surface area contributed by atoms with Crippen LogP contribution < -0.4 is 19.5 Å². The Hall–Kier alpha value is -3.66. The molecule has 40 heavy (non-hydrogen) atoms. The number of nitrogens with one attached hydrogen (secondary N) is 1. The quantitative estimate of drug-likeness (QED) is 0.241. The molecule has 0 unspecified atom stereocenters. The number of hydrogen-bond acceptors (Lipinski definition) is 7. The minimum Gasteiger partial charge on any atom is -0.492 e. The molecule has 1 heterocycles. The lowest BCUT2D eigenvalue weighted by molar-refractivity contribution is -0.123. The third kappa shape index (κ3) is 7.50. The first-order valence-corrected chi connectivity index (χ1v) is 13.9. The second kappa shape index (κ2) is 13.6. The van der Waals surface area contributed by atoms with E-state index < -0.39 is 11.8 Å². The van der Waals surface area contributed by atoms with Gasteiger partial charge in [0.05, 0.1) is 23.1 Å². The average molecular weight is 602 g/mol. The summed E-state index contributed by atoms with van der Waals surface area (Å²) in [7, 11) is 0. The summed E-state index contributed by atoms with van der Waals surface area (Å²) in [6.45, 7) is 3.93. The van der Waals surface area contributed by atoms with Gasteiger partial charge >= 0.3 is 0 Å². The van der Waals surface area contributed by atoms with Gasteiger partial charge in [0.25, 0.3) is 17.1 Å². The molecule has 3 aromatic rings. The van der Waals surface area contributed by atoms with Gasteiger partial charge in [0.2, 0.25) is 0 Å². The summed E-state index contributed by atoms with van der Waals surface area (Å²) < 4.78 is 17.0. The van der Waals surface area contributed by atoms with Crippen LogP contribution in [0.15, 0.2) is 65.6 Å². The predicted molar refractivity (Wildman–Crippen MR) is 158 cm³/mol. The Bertz CT molecular complexity index is 1450. The van der Waals surface area contributed by atoms with Crippen LogP contribution in [0.2, 0.25) is 10.0 Å². The number of nitrogens with zero attached hydrogens (tertiary/aromatic N) is 1. The average Bonchev–Trinajstić information content (AvgIpc) is 3.18. The van der Waals surface area contributed by atoms with Gasteiger partial charge in [-0.2, -0.15) is 0 Å². The predicted octanol–water partition coefficient (Wildman–Crippen LogP) is 6.83. The zero-order chi connectivity index (χ0) is 28.6. The second-order valence-corrected chi connectivity index (χ2v) is 10.4. The number of hydrogen-bond donors (Lipinski definition) is 1. The van der Waals surface area contributed by atoms with Crippen LogP contribution in [-0.2, 0) is 9.59 Å². The van der Waals surface area contributed by atoms with E-state index in [0.717, 1.165) is 22.2 Å². The Labute approximate surface area is 246 Å². The molecule has 0 aliphatic carbocycles. The van der Waals surface area contributed by atoms with E-state index in [2.05, 4.69) is 5.32 Å². The highest BCUT2D eigenvalue weighted by molar-refractivity contribution is 8.18. The molecule has 0 radical (unpaired) electrons. The van der Waals surface area contributed by atoms with Crippen molar-refractivity contribution in [1.29, 1.82) is 0 Å². The maximum Gasteiger partial charge on any atom is 0.293 e.